The first-order valence-electron chi connectivity index (χ1n) is 6.34. The van der Waals surface area contributed by atoms with Gasteiger partial charge >= 0.3 is 0 Å². The molecule has 0 unspecified atom stereocenters. The van der Waals surface area contributed by atoms with Crippen molar-refractivity contribution in [2.75, 3.05) is 11.1 Å². The lowest BCUT2D eigenvalue weighted by atomic mass is 10.2. The highest BCUT2D eigenvalue weighted by molar-refractivity contribution is 6.33. The number of ether oxygens (including phenoxy) is 1. The summed E-state index contributed by atoms with van der Waals surface area (Å²) < 4.78 is 32.3. The molecule has 0 bridgehead atoms. The molecule has 0 amide bonds. The molecule has 0 spiro atoms. The fraction of sp³-hybridized carbons (Fsp3) is 0.200. The van der Waals surface area contributed by atoms with E-state index in [0.717, 1.165) is 12.1 Å². The lowest BCUT2D eigenvalue weighted by Gasteiger charge is -2.14. The van der Waals surface area contributed by atoms with Gasteiger partial charge in [0.15, 0.2) is 5.82 Å². The number of rotatable bonds is 4. The Morgan fingerprint density at radius 3 is 2.48 bits per heavy atom. The van der Waals surface area contributed by atoms with Crippen LogP contribution in [0.4, 0.5) is 25.8 Å². The Morgan fingerprint density at radius 2 is 1.86 bits per heavy atom. The summed E-state index contributed by atoms with van der Waals surface area (Å²) in [5.74, 6) is -0.973. The summed E-state index contributed by atoms with van der Waals surface area (Å²) in [5.41, 5.74) is 6.72. The van der Waals surface area contributed by atoms with Crippen molar-refractivity contribution in [2.24, 2.45) is 0 Å². The molecular formula is C15H15ClF2N2O. The van der Waals surface area contributed by atoms with Crippen LogP contribution < -0.4 is 15.8 Å². The molecule has 3 nitrogen and oxygen atoms in total. The van der Waals surface area contributed by atoms with Crippen LogP contribution in [0, 0.1) is 11.6 Å². The number of anilines is 3. The molecule has 0 radical (unpaired) electrons. The maximum absolute atomic E-state index is 13.8. The number of halogens is 3. The molecule has 0 atom stereocenters. The lowest BCUT2D eigenvalue weighted by Crippen LogP contribution is -2.06. The van der Waals surface area contributed by atoms with Crippen LogP contribution in [0.2, 0.25) is 5.02 Å². The zero-order valence-corrected chi connectivity index (χ0v) is 12.3. The van der Waals surface area contributed by atoms with E-state index >= 15 is 0 Å². The Balaban J connectivity index is 2.33. The monoisotopic (exact) mass is 312 g/mol. The number of benzene rings is 2. The summed E-state index contributed by atoms with van der Waals surface area (Å²) in [5, 5.41) is 2.73. The van der Waals surface area contributed by atoms with E-state index in [-0.39, 0.29) is 16.8 Å². The Bertz CT molecular complexity index is 639. The van der Waals surface area contributed by atoms with Gasteiger partial charge in [-0.25, -0.2) is 8.78 Å². The van der Waals surface area contributed by atoms with Gasteiger partial charge in [0.1, 0.15) is 11.6 Å². The van der Waals surface area contributed by atoms with Gasteiger partial charge in [0, 0.05) is 29.6 Å². The van der Waals surface area contributed by atoms with Gasteiger partial charge in [-0.15, -0.1) is 0 Å². The van der Waals surface area contributed by atoms with Gasteiger partial charge in [0.2, 0.25) is 0 Å². The Hall–Kier alpha value is -2.01. The van der Waals surface area contributed by atoms with E-state index in [1.165, 1.54) is 0 Å². The van der Waals surface area contributed by atoms with Crippen LogP contribution in [0.3, 0.4) is 0 Å². The van der Waals surface area contributed by atoms with Gasteiger partial charge in [-0.1, -0.05) is 11.6 Å². The van der Waals surface area contributed by atoms with Crippen molar-refractivity contribution in [2.45, 2.75) is 20.0 Å². The van der Waals surface area contributed by atoms with Crippen LogP contribution in [-0.4, -0.2) is 6.10 Å². The quantitative estimate of drug-likeness (QED) is 0.802. The van der Waals surface area contributed by atoms with Crippen molar-refractivity contribution in [3.8, 4) is 5.75 Å². The Morgan fingerprint density at radius 1 is 1.14 bits per heavy atom. The van der Waals surface area contributed by atoms with E-state index < -0.39 is 11.6 Å². The van der Waals surface area contributed by atoms with Crippen molar-refractivity contribution in [3.63, 3.8) is 0 Å². The molecule has 0 aromatic heterocycles. The second-order valence-corrected chi connectivity index (χ2v) is 5.23. The largest absolute Gasteiger partial charge is 0.491 e. The fourth-order valence-electron chi connectivity index (χ4n) is 1.84. The molecule has 0 heterocycles. The third kappa shape index (κ3) is 3.98. The topological polar surface area (TPSA) is 47.3 Å². The molecule has 0 aliphatic heterocycles. The molecule has 0 fully saturated rings. The molecule has 0 aliphatic carbocycles. The highest BCUT2D eigenvalue weighted by atomic mass is 35.5. The van der Waals surface area contributed by atoms with E-state index in [1.54, 1.807) is 18.2 Å². The van der Waals surface area contributed by atoms with E-state index in [1.807, 2.05) is 13.8 Å². The SMILES string of the molecule is CC(C)Oc1cc(N)cc(Nc2c(F)cc(F)cc2Cl)c1. The standard InChI is InChI=1S/C15H15ClF2N2O/c1-8(2)21-12-6-10(19)5-11(7-12)20-15-13(16)3-9(17)4-14(15)18/h3-8,20H,19H2,1-2H3. The summed E-state index contributed by atoms with van der Waals surface area (Å²) in [7, 11) is 0. The Labute approximate surface area is 126 Å². The molecule has 0 aliphatic rings. The molecule has 0 saturated heterocycles. The summed E-state index contributed by atoms with van der Waals surface area (Å²) >= 11 is 5.84. The molecule has 0 saturated carbocycles. The summed E-state index contributed by atoms with van der Waals surface area (Å²) in [6.45, 7) is 3.76. The van der Waals surface area contributed by atoms with Crippen molar-refractivity contribution in [1.82, 2.24) is 0 Å². The van der Waals surface area contributed by atoms with E-state index in [4.69, 9.17) is 22.1 Å². The van der Waals surface area contributed by atoms with Gasteiger partial charge in [0.25, 0.3) is 0 Å². The predicted molar refractivity (Wildman–Crippen MR) is 81.3 cm³/mol. The molecular weight excluding hydrogens is 298 g/mol. The number of hydrogen-bond acceptors (Lipinski definition) is 3. The maximum Gasteiger partial charge on any atom is 0.151 e. The molecule has 6 heteroatoms. The summed E-state index contributed by atoms with van der Waals surface area (Å²) in [6, 6.07) is 6.71. The number of nitrogens with one attached hydrogen (secondary N) is 1. The van der Waals surface area contributed by atoms with E-state index in [9.17, 15) is 8.78 Å². The minimum Gasteiger partial charge on any atom is -0.491 e. The highest BCUT2D eigenvalue weighted by Crippen LogP contribution is 2.32. The van der Waals surface area contributed by atoms with E-state index in [0.29, 0.717) is 17.1 Å². The van der Waals surface area contributed by atoms with Crippen LogP contribution in [0.1, 0.15) is 13.8 Å². The second kappa shape index (κ2) is 6.18. The Kier molecular flexibility index (Phi) is 4.53. The van der Waals surface area contributed by atoms with Gasteiger partial charge in [-0.05, 0) is 26.0 Å². The maximum atomic E-state index is 13.8. The predicted octanol–water partition coefficient (Wildman–Crippen LogP) is 4.73. The first kappa shape index (κ1) is 15.4. The lowest BCUT2D eigenvalue weighted by molar-refractivity contribution is 0.242. The highest BCUT2D eigenvalue weighted by Gasteiger charge is 2.11. The van der Waals surface area contributed by atoms with Gasteiger partial charge in [0.05, 0.1) is 16.8 Å². The third-order valence-corrected chi connectivity index (χ3v) is 2.87. The number of hydrogen-bond donors (Lipinski definition) is 2. The van der Waals surface area contributed by atoms with Crippen LogP contribution >= 0.6 is 11.6 Å². The minimum atomic E-state index is -0.784. The first-order valence-corrected chi connectivity index (χ1v) is 6.71. The van der Waals surface area contributed by atoms with Crippen LogP contribution in [0.5, 0.6) is 5.75 Å². The minimum absolute atomic E-state index is 0.0147. The molecule has 2 aromatic carbocycles. The summed E-state index contributed by atoms with van der Waals surface area (Å²) in [4.78, 5) is 0. The van der Waals surface area contributed by atoms with Crippen molar-refractivity contribution >= 4 is 28.7 Å². The second-order valence-electron chi connectivity index (χ2n) is 4.83. The van der Waals surface area contributed by atoms with E-state index in [2.05, 4.69) is 5.32 Å². The molecule has 2 aromatic rings. The normalized spacial score (nSPS) is 10.8. The average molecular weight is 313 g/mol. The molecule has 112 valence electrons. The van der Waals surface area contributed by atoms with Crippen LogP contribution in [-0.2, 0) is 0 Å². The summed E-state index contributed by atoms with van der Waals surface area (Å²) in [6.07, 6.45) is -0.0224. The number of nitrogens with two attached hydrogens (primary N) is 1. The molecule has 21 heavy (non-hydrogen) atoms. The zero-order chi connectivity index (χ0) is 15.6. The number of nitrogen functional groups attached to an aromatic ring is 1. The third-order valence-electron chi connectivity index (χ3n) is 2.58. The van der Waals surface area contributed by atoms with Crippen molar-refractivity contribution in [1.29, 1.82) is 0 Å². The first-order chi connectivity index (χ1) is 9.85. The van der Waals surface area contributed by atoms with Gasteiger partial charge in [-0.2, -0.15) is 0 Å². The van der Waals surface area contributed by atoms with Crippen LogP contribution in [0.25, 0.3) is 0 Å². The molecule has 3 N–H and O–H groups in total. The van der Waals surface area contributed by atoms with Crippen molar-refractivity contribution in [3.05, 3.63) is 47.0 Å². The van der Waals surface area contributed by atoms with Crippen molar-refractivity contribution < 1.29 is 13.5 Å². The molecule has 2 rings (SSSR count). The average Bonchev–Trinajstić information content (AvgIpc) is 2.32. The van der Waals surface area contributed by atoms with Crippen LogP contribution in [0.15, 0.2) is 30.3 Å². The van der Waals surface area contributed by atoms with Gasteiger partial charge < -0.3 is 15.8 Å². The zero-order valence-electron chi connectivity index (χ0n) is 11.6. The smallest absolute Gasteiger partial charge is 0.151 e. The van der Waals surface area contributed by atoms with Gasteiger partial charge in [-0.3, -0.25) is 0 Å². The fourth-order valence-corrected chi connectivity index (χ4v) is 2.08.